The molecule has 3 heterocycles. The lowest BCUT2D eigenvalue weighted by atomic mass is 10.1. The number of nitrogens with zero attached hydrogens (tertiary/aromatic N) is 2. The van der Waals surface area contributed by atoms with Gasteiger partial charge in [-0.2, -0.15) is 11.3 Å². The highest BCUT2D eigenvalue weighted by Crippen LogP contribution is 2.31. The van der Waals surface area contributed by atoms with Gasteiger partial charge in [-0.15, -0.1) is 0 Å². The maximum Gasteiger partial charge on any atom is 0.254 e. The molecule has 144 valence electrons. The topological polar surface area (TPSA) is 62.1 Å². The molecule has 1 N–H and O–H groups in total. The number of nitrogens with one attached hydrogen (secondary N) is 1. The zero-order valence-corrected chi connectivity index (χ0v) is 17.0. The Labute approximate surface area is 164 Å². The fraction of sp³-hybridized carbons (Fsp3) is 0.421. The highest BCUT2D eigenvalue weighted by Gasteiger charge is 2.29. The Hall–Kier alpha value is -1.90. The Balaban J connectivity index is 1.41. The third-order valence-electron chi connectivity index (χ3n) is 5.37. The number of piperazine rings is 1. The largest absolute Gasteiger partial charge is 0.328 e. The standard InChI is InChI=1S/C19H23N3O3S2/c1-27(24,25)22-6-4-16-12-17(2-3-18(16)22)19(23)21-9-7-20(8-10-21)13-15-5-11-26-14-15/h2-3,5,11-12,14H,4,6-10,13H2,1H3/p+1. The van der Waals surface area contributed by atoms with E-state index >= 15 is 0 Å². The van der Waals surface area contributed by atoms with E-state index in [4.69, 9.17) is 0 Å². The zero-order valence-electron chi connectivity index (χ0n) is 15.3. The molecule has 6 nitrogen and oxygen atoms in total. The van der Waals surface area contributed by atoms with E-state index in [0.29, 0.717) is 24.2 Å². The molecule has 1 amide bonds. The second kappa shape index (κ2) is 7.26. The number of hydrogen-bond acceptors (Lipinski definition) is 4. The van der Waals surface area contributed by atoms with E-state index in [1.54, 1.807) is 23.5 Å². The summed E-state index contributed by atoms with van der Waals surface area (Å²) in [5.41, 5.74) is 3.67. The molecule has 2 aliphatic rings. The molecule has 0 saturated carbocycles. The number of carbonyl (C=O) groups is 1. The van der Waals surface area contributed by atoms with Crippen LogP contribution in [0.1, 0.15) is 21.5 Å². The minimum absolute atomic E-state index is 0.0465. The normalized spacial score (nSPS) is 18.0. The predicted octanol–water partition coefficient (Wildman–Crippen LogP) is 0.611. The molecular formula is C19H24N3O3S2+. The van der Waals surface area contributed by atoms with Crippen molar-refractivity contribution in [1.82, 2.24) is 4.90 Å². The first kappa shape index (κ1) is 18.5. The molecule has 1 aromatic carbocycles. The van der Waals surface area contributed by atoms with Crippen molar-refractivity contribution in [2.45, 2.75) is 13.0 Å². The molecular weight excluding hydrogens is 382 g/mol. The highest BCUT2D eigenvalue weighted by molar-refractivity contribution is 7.92. The summed E-state index contributed by atoms with van der Waals surface area (Å²) in [5, 5.41) is 4.29. The van der Waals surface area contributed by atoms with Crippen LogP contribution in [0.3, 0.4) is 0 Å². The molecule has 27 heavy (non-hydrogen) atoms. The van der Waals surface area contributed by atoms with Gasteiger partial charge in [-0.05, 0) is 47.0 Å². The van der Waals surface area contributed by atoms with Crippen LogP contribution in [0.4, 0.5) is 5.69 Å². The van der Waals surface area contributed by atoms with E-state index in [-0.39, 0.29) is 5.91 Å². The van der Waals surface area contributed by atoms with Crippen LogP contribution in [-0.4, -0.2) is 58.2 Å². The van der Waals surface area contributed by atoms with Crippen LogP contribution in [0.5, 0.6) is 0 Å². The van der Waals surface area contributed by atoms with E-state index in [0.717, 1.165) is 38.3 Å². The molecule has 8 heteroatoms. The maximum absolute atomic E-state index is 12.9. The van der Waals surface area contributed by atoms with E-state index in [9.17, 15) is 13.2 Å². The van der Waals surface area contributed by atoms with Crippen molar-refractivity contribution in [2.24, 2.45) is 0 Å². The fourth-order valence-corrected chi connectivity index (χ4v) is 5.54. The number of rotatable bonds is 4. The Kier molecular flexibility index (Phi) is 4.96. The lowest BCUT2D eigenvalue weighted by Crippen LogP contribution is -3.13. The van der Waals surface area contributed by atoms with Gasteiger partial charge in [0.2, 0.25) is 10.0 Å². The SMILES string of the molecule is CS(=O)(=O)N1CCc2cc(C(=O)N3CC[NH+](Cc4ccsc4)CC3)ccc21. The molecule has 2 aliphatic heterocycles. The number of sulfonamides is 1. The second-order valence-corrected chi connectivity index (χ2v) is 9.97. The number of thiophene rings is 1. The Morgan fingerprint density at radius 2 is 1.96 bits per heavy atom. The zero-order chi connectivity index (χ0) is 19.0. The monoisotopic (exact) mass is 406 g/mol. The van der Waals surface area contributed by atoms with Crippen molar-refractivity contribution < 1.29 is 18.1 Å². The van der Waals surface area contributed by atoms with Crippen molar-refractivity contribution >= 4 is 33.0 Å². The number of anilines is 1. The van der Waals surface area contributed by atoms with Gasteiger partial charge in [-0.3, -0.25) is 9.10 Å². The van der Waals surface area contributed by atoms with Crippen LogP contribution >= 0.6 is 11.3 Å². The summed E-state index contributed by atoms with van der Waals surface area (Å²) in [5.74, 6) is 0.0465. The Morgan fingerprint density at radius 1 is 1.19 bits per heavy atom. The van der Waals surface area contributed by atoms with Crippen LogP contribution in [0, 0.1) is 0 Å². The van der Waals surface area contributed by atoms with Crippen molar-refractivity contribution in [3.63, 3.8) is 0 Å². The average Bonchev–Trinajstić information content (AvgIpc) is 3.30. The predicted molar refractivity (Wildman–Crippen MR) is 107 cm³/mol. The number of quaternary nitrogens is 1. The third-order valence-corrected chi connectivity index (χ3v) is 7.28. The average molecular weight is 407 g/mol. The second-order valence-electron chi connectivity index (χ2n) is 7.28. The lowest BCUT2D eigenvalue weighted by molar-refractivity contribution is -0.917. The maximum atomic E-state index is 12.9. The molecule has 2 aromatic rings. The minimum atomic E-state index is -3.26. The van der Waals surface area contributed by atoms with Gasteiger partial charge < -0.3 is 9.80 Å². The molecule has 0 bridgehead atoms. The summed E-state index contributed by atoms with van der Waals surface area (Å²) >= 11 is 1.72. The molecule has 4 rings (SSSR count). The van der Waals surface area contributed by atoms with Gasteiger partial charge in [0.1, 0.15) is 6.54 Å². The smallest absolute Gasteiger partial charge is 0.254 e. The summed E-state index contributed by atoms with van der Waals surface area (Å²) in [6.45, 7) is 4.89. The number of amides is 1. The lowest BCUT2D eigenvalue weighted by Gasteiger charge is -2.32. The van der Waals surface area contributed by atoms with Gasteiger partial charge in [-0.25, -0.2) is 8.42 Å². The molecule has 0 unspecified atom stereocenters. The summed E-state index contributed by atoms with van der Waals surface area (Å²) < 4.78 is 25.1. The molecule has 1 aromatic heterocycles. The van der Waals surface area contributed by atoms with Crippen LogP contribution in [0.15, 0.2) is 35.0 Å². The molecule has 0 aliphatic carbocycles. The molecule has 1 fully saturated rings. The number of fused-ring (bicyclic) bond motifs is 1. The van der Waals surface area contributed by atoms with Crippen LogP contribution in [-0.2, 0) is 23.0 Å². The van der Waals surface area contributed by atoms with Gasteiger partial charge in [0.15, 0.2) is 0 Å². The molecule has 1 saturated heterocycles. The first-order chi connectivity index (χ1) is 12.9. The first-order valence-corrected chi connectivity index (χ1v) is 12.0. The fourth-order valence-electron chi connectivity index (χ4n) is 3.92. The summed E-state index contributed by atoms with van der Waals surface area (Å²) in [6.07, 6.45) is 1.88. The third kappa shape index (κ3) is 3.88. The number of benzene rings is 1. The molecule has 0 radical (unpaired) electrons. The van der Waals surface area contributed by atoms with Crippen molar-refractivity contribution in [2.75, 3.05) is 43.3 Å². The van der Waals surface area contributed by atoms with Gasteiger partial charge in [0.25, 0.3) is 5.91 Å². The van der Waals surface area contributed by atoms with E-state index in [1.165, 1.54) is 21.0 Å². The van der Waals surface area contributed by atoms with Gasteiger partial charge >= 0.3 is 0 Å². The van der Waals surface area contributed by atoms with Gasteiger partial charge in [0, 0.05) is 17.7 Å². The van der Waals surface area contributed by atoms with Gasteiger partial charge in [0.05, 0.1) is 38.1 Å². The van der Waals surface area contributed by atoms with Crippen molar-refractivity contribution in [1.29, 1.82) is 0 Å². The van der Waals surface area contributed by atoms with Crippen LogP contribution in [0.25, 0.3) is 0 Å². The van der Waals surface area contributed by atoms with Gasteiger partial charge in [-0.1, -0.05) is 0 Å². The molecule has 0 atom stereocenters. The number of carbonyl (C=O) groups excluding carboxylic acids is 1. The van der Waals surface area contributed by atoms with E-state index < -0.39 is 10.0 Å². The number of hydrogen-bond donors (Lipinski definition) is 1. The Bertz CT molecular complexity index is 933. The van der Waals surface area contributed by atoms with E-state index in [2.05, 4.69) is 16.8 Å². The first-order valence-electron chi connectivity index (χ1n) is 9.16. The Morgan fingerprint density at radius 3 is 2.63 bits per heavy atom. The molecule has 0 spiro atoms. The van der Waals surface area contributed by atoms with Crippen LogP contribution < -0.4 is 9.21 Å². The van der Waals surface area contributed by atoms with Crippen LogP contribution in [0.2, 0.25) is 0 Å². The minimum Gasteiger partial charge on any atom is -0.328 e. The quantitative estimate of drug-likeness (QED) is 0.809. The summed E-state index contributed by atoms with van der Waals surface area (Å²) in [7, 11) is -3.26. The van der Waals surface area contributed by atoms with Crippen molar-refractivity contribution in [3.05, 3.63) is 51.7 Å². The van der Waals surface area contributed by atoms with Crippen molar-refractivity contribution in [3.8, 4) is 0 Å². The summed E-state index contributed by atoms with van der Waals surface area (Å²) in [4.78, 5) is 16.3. The summed E-state index contributed by atoms with van der Waals surface area (Å²) in [6, 6.07) is 7.57. The highest BCUT2D eigenvalue weighted by atomic mass is 32.2. The van der Waals surface area contributed by atoms with E-state index in [1.807, 2.05) is 11.0 Å².